The van der Waals surface area contributed by atoms with Crippen molar-refractivity contribution in [2.75, 3.05) is 0 Å². The van der Waals surface area contributed by atoms with Crippen molar-refractivity contribution < 1.29 is 34.4 Å². The molecule has 9 unspecified atom stereocenters. The van der Waals surface area contributed by atoms with Crippen molar-refractivity contribution >= 4 is 11.8 Å². The van der Waals surface area contributed by atoms with Crippen LogP contribution >= 0.6 is 0 Å². The number of aliphatic hydroxyl groups excluding tert-OH is 2. The number of allylic oxidation sites excluding steroid dienone is 3. The average Bonchev–Trinajstić information content (AvgIpc) is 3.56. The molecule has 7 heteroatoms. The Bertz CT molecular complexity index is 812. The number of carbonyl (C=O) groups excluding carboxylic acids is 2. The molecule has 7 nitrogen and oxygen atoms in total. The van der Waals surface area contributed by atoms with Gasteiger partial charge < -0.3 is 24.8 Å². The van der Waals surface area contributed by atoms with Crippen molar-refractivity contribution in [3.05, 3.63) is 36.0 Å². The third kappa shape index (κ3) is 8.98. The Balaban J connectivity index is 2.05. The van der Waals surface area contributed by atoms with E-state index in [2.05, 4.69) is 13.0 Å². The second kappa shape index (κ2) is 12.9. The van der Waals surface area contributed by atoms with Gasteiger partial charge in [-0.2, -0.15) is 0 Å². The summed E-state index contributed by atoms with van der Waals surface area (Å²) in [5, 5.41) is 31.1. The van der Waals surface area contributed by atoms with Crippen LogP contribution < -0.4 is 0 Å². The largest absolute Gasteiger partial charge is 0.457 e. The van der Waals surface area contributed by atoms with Crippen LogP contribution in [-0.2, 0) is 19.1 Å². The summed E-state index contributed by atoms with van der Waals surface area (Å²) in [4.78, 5) is 24.3. The van der Waals surface area contributed by atoms with E-state index in [9.17, 15) is 24.9 Å². The van der Waals surface area contributed by atoms with E-state index in [1.165, 1.54) is 13.0 Å². The summed E-state index contributed by atoms with van der Waals surface area (Å²) in [5.74, 6) is -0.323. The fourth-order valence-electron chi connectivity index (χ4n) is 4.52. The number of cyclic esters (lactones) is 1. The smallest absolute Gasteiger partial charge is 0.309 e. The second-order valence-electron chi connectivity index (χ2n) is 10.6. The molecule has 198 valence electrons. The fourth-order valence-corrected chi connectivity index (χ4v) is 4.52. The van der Waals surface area contributed by atoms with Gasteiger partial charge >= 0.3 is 5.97 Å². The second-order valence-corrected chi connectivity index (χ2v) is 10.6. The van der Waals surface area contributed by atoms with Gasteiger partial charge in [-0.15, -0.1) is 0 Å². The molecule has 0 bridgehead atoms. The summed E-state index contributed by atoms with van der Waals surface area (Å²) in [7, 11) is 0. The van der Waals surface area contributed by atoms with Gasteiger partial charge in [-0.3, -0.25) is 9.59 Å². The number of Topliss-reactive ketones (excluding diaryl/α,β-unsaturated/α-hetero) is 1. The zero-order valence-corrected chi connectivity index (χ0v) is 22.0. The molecule has 2 aliphatic rings. The molecule has 0 spiro atoms. The highest BCUT2D eigenvalue weighted by Gasteiger charge is 2.45. The van der Waals surface area contributed by atoms with Crippen LogP contribution in [0.15, 0.2) is 36.0 Å². The van der Waals surface area contributed by atoms with Gasteiger partial charge in [0.2, 0.25) is 0 Å². The minimum Gasteiger partial charge on any atom is -0.457 e. The fraction of sp³-hybridized carbons (Fsp3) is 0.714. The first-order valence-corrected chi connectivity index (χ1v) is 12.8. The normalized spacial score (nSPS) is 37.6. The minimum atomic E-state index is -1.40. The zero-order valence-electron chi connectivity index (χ0n) is 22.0. The maximum absolute atomic E-state index is 12.5. The van der Waals surface area contributed by atoms with Gasteiger partial charge in [-0.05, 0) is 44.6 Å². The molecule has 2 aliphatic heterocycles. The van der Waals surface area contributed by atoms with E-state index in [0.29, 0.717) is 6.42 Å². The van der Waals surface area contributed by atoms with E-state index in [1.54, 1.807) is 6.08 Å². The van der Waals surface area contributed by atoms with Gasteiger partial charge in [0.05, 0.1) is 30.3 Å². The molecule has 0 amide bonds. The Morgan fingerprint density at radius 3 is 2.63 bits per heavy atom. The van der Waals surface area contributed by atoms with Crippen LogP contribution in [0.5, 0.6) is 0 Å². The molecule has 0 radical (unpaired) electrons. The molecular weight excluding hydrogens is 448 g/mol. The lowest BCUT2D eigenvalue weighted by Gasteiger charge is -2.30. The van der Waals surface area contributed by atoms with Crippen LogP contribution in [0.2, 0.25) is 0 Å². The lowest BCUT2D eigenvalue weighted by Crippen LogP contribution is -2.39. The molecule has 1 saturated heterocycles. The number of ketones is 1. The summed E-state index contributed by atoms with van der Waals surface area (Å²) in [5.41, 5.74) is -0.569. The summed E-state index contributed by atoms with van der Waals surface area (Å²) in [6.07, 6.45) is 8.24. The highest BCUT2D eigenvalue weighted by Crippen LogP contribution is 2.35. The Labute approximate surface area is 209 Å². The average molecular weight is 493 g/mol. The Morgan fingerprint density at radius 1 is 1.29 bits per heavy atom. The Hall–Kier alpha value is -1.80. The van der Waals surface area contributed by atoms with E-state index >= 15 is 0 Å². The minimum absolute atomic E-state index is 0.0188. The lowest BCUT2D eigenvalue weighted by molar-refractivity contribution is -0.151. The first-order valence-electron chi connectivity index (χ1n) is 12.8. The maximum Gasteiger partial charge on any atom is 0.309 e. The van der Waals surface area contributed by atoms with E-state index < -0.39 is 29.9 Å². The van der Waals surface area contributed by atoms with Gasteiger partial charge in [0, 0.05) is 18.3 Å². The number of esters is 1. The molecular formula is C28H44O7. The summed E-state index contributed by atoms with van der Waals surface area (Å²) in [6, 6.07) is 0. The van der Waals surface area contributed by atoms with Crippen molar-refractivity contribution in [1.29, 1.82) is 0 Å². The van der Waals surface area contributed by atoms with Crippen LogP contribution in [0.4, 0.5) is 0 Å². The monoisotopic (exact) mass is 492 g/mol. The van der Waals surface area contributed by atoms with Gasteiger partial charge in [-0.1, -0.05) is 58.1 Å². The third-order valence-electron chi connectivity index (χ3n) is 7.18. The first kappa shape index (κ1) is 29.4. The molecule has 0 saturated carbocycles. The SMILES string of the molecule is CCC(=O)C(C)C1OC1CC(C)/C=C/C=C(\C)C1OC(=O)CC(O)CCC(C)(O)C(O)/C=C/C1C. The molecule has 3 N–H and O–H groups in total. The number of epoxide rings is 1. The molecule has 0 aliphatic carbocycles. The van der Waals surface area contributed by atoms with Crippen molar-refractivity contribution in [3.8, 4) is 0 Å². The highest BCUT2D eigenvalue weighted by atomic mass is 16.6. The maximum atomic E-state index is 12.5. The molecule has 9 atom stereocenters. The van der Waals surface area contributed by atoms with E-state index in [-0.39, 0.29) is 55.0 Å². The topological polar surface area (TPSA) is 117 Å². The predicted octanol–water partition coefficient (Wildman–Crippen LogP) is 3.66. The van der Waals surface area contributed by atoms with Gasteiger partial charge in [0.1, 0.15) is 18.0 Å². The Kier molecular flexibility index (Phi) is 10.9. The van der Waals surface area contributed by atoms with Gasteiger partial charge in [0.15, 0.2) is 0 Å². The first-order chi connectivity index (χ1) is 16.4. The van der Waals surface area contributed by atoms with Crippen LogP contribution in [-0.4, -0.2) is 63.2 Å². The molecule has 0 aromatic rings. The van der Waals surface area contributed by atoms with E-state index in [4.69, 9.17) is 9.47 Å². The van der Waals surface area contributed by atoms with Crippen molar-refractivity contribution in [3.63, 3.8) is 0 Å². The van der Waals surface area contributed by atoms with Crippen LogP contribution in [0, 0.1) is 17.8 Å². The summed E-state index contributed by atoms with van der Waals surface area (Å²) < 4.78 is 11.4. The molecule has 2 heterocycles. The predicted molar refractivity (Wildman–Crippen MR) is 134 cm³/mol. The number of hydrogen-bond acceptors (Lipinski definition) is 7. The number of aliphatic hydroxyl groups is 3. The van der Waals surface area contributed by atoms with Crippen LogP contribution in [0.1, 0.15) is 73.6 Å². The number of ether oxygens (including phenoxy) is 2. The van der Waals surface area contributed by atoms with E-state index in [1.807, 2.05) is 39.8 Å². The van der Waals surface area contributed by atoms with E-state index in [0.717, 1.165) is 12.0 Å². The van der Waals surface area contributed by atoms with Crippen LogP contribution in [0.3, 0.4) is 0 Å². The molecule has 1 fully saturated rings. The molecule has 0 aromatic heterocycles. The van der Waals surface area contributed by atoms with Gasteiger partial charge in [-0.25, -0.2) is 0 Å². The van der Waals surface area contributed by atoms with Crippen molar-refractivity contribution in [1.82, 2.24) is 0 Å². The molecule has 2 rings (SSSR count). The van der Waals surface area contributed by atoms with Crippen LogP contribution in [0.25, 0.3) is 0 Å². The van der Waals surface area contributed by atoms with Crippen molar-refractivity contribution in [2.24, 2.45) is 17.8 Å². The van der Waals surface area contributed by atoms with Gasteiger partial charge in [0.25, 0.3) is 0 Å². The summed E-state index contributed by atoms with van der Waals surface area (Å²) in [6.45, 7) is 11.2. The van der Waals surface area contributed by atoms with Crippen molar-refractivity contribution in [2.45, 2.75) is 110 Å². The Morgan fingerprint density at radius 2 is 1.97 bits per heavy atom. The standard InChI is InChI=1S/C28H44O7/c1-7-22(30)20(5)27-23(34-27)15-17(2)9-8-10-18(3)26-19(4)11-12-24(31)28(6,33)14-13-21(29)16-25(32)35-26/h8-12,17,19-21,23-24,26-27,29,31,33H,7,13-16H2,1-6H3/b9-8+,12-11+,18-10+. The number of carbonyl (C=O) groups is 2. The quantitative estimate of drug-likeness (QED) is 0.205. The highest BCUT2D eigenvalue weighted by molar-refractivity contribution is 5.81. The lowest BCUT2D eigenvalue weighted by atomic mass is 9.89. The molecule has 35 heavy (non-hydrogen) atoms. The zero-order chi connectivity index (χ0) is 26.3. The summed E-state index contributed by atoms with van der Waals surface area (Å²) >= 11 is 0. The molecule has 0 aromatic carbocycles. The number of hydrogen-bond donors (Lipinski definition) is 3. The number of rotatable bonds is 8. The third-order valence-corrected chi connectivity index (χ3v) is 7.18.